The van der Waals surface area contributed by atoms with Crippen LogP contribution in [0.1, 0.15) is 44.2 Å². The quantitative estimate of drug-likeness (QED) is 0.0608. The van der Waals surface area contributed by atoms with Gasteiger partial charge in [-0.2, -0.15) is 0 Å². The second-order valence-electron chi connectivity index (χ2n) is 11.8. The number of hydrogen-bond acceptors (Lipinski definition) is 9. The Hall–Kier alpha value is -3.37. The average molecular weight is 647 g/mol. The van der Waals surface area contributed by atoms with Crippen molar-refractivity contribution in [2.24, 2.45) is 11.8 Å². The maximum Gasteiger partial charge on any atom is 0.334 e. The van der Waals surface area contributed by atoms with Crippen LogP contribution in [0.2, 0.25) is 0 Å². The van der Waals surface area contributed by atoms with E-state index < -0.39 is 23.6 Å². The van der Waals surface area contributed by atoms with Crippen molar-refractivity contribution >= 4 is 50.9 Å². The molecule has 0 amide bonds. The summed E-state index contributed by atoms with van der Waals surface area (Å²) >= 11 is 5.24. The summed E-state index contributed by atoms with van der Waals surface area (Å²) in [6.45, 7) is 8.71. The zero-order chi connectivity index (χ0) is 30.9. The fourth-order valence-corrected chi connectivity index (χ4v) is 8.52. The number of ether oxygens (including phenoxy) is 4. The molecule has 0 radical (unpaired) electrons. The molecule has 0 saturated carbocycles. The number of carbonyl (C=O) groups excluding carboxylic acids is 2. The lowest BCUT2D eigenvalue weighted by Crippen LogP contribution is -2.42. The molecule has 3 aliphatic rings. The molecule has 2 aromatic carbocycles. The Morgan fingerprint density at radius 1 is 1.11 bits per heavy atom. The van der Waals surface area contributed by atoms with Crippen molar-refractivity contribution in [3.63, 3.8) is 0 Å². The third-order valence-electron chi connectivity index (χ3n) is 8.95. The molecular formula is C35H34O6S3. The van der Waals surface area contributed by atoms with E-state index in [1.165, 1.54) is 11.0 Å². The van der Waals surface area contributed by atoms with E-state index in [1.807, 2.05) is 37.3 Å². The molecule has 1 aromatic heterocycles. The summed E-state index contributed by atoms with van der Waals surface area (Å²) in [5.41, 5.74) is 2.55. The summed E-state index contributed by atoms with van der Waals surface area (Å²) in [5, 5.41) is 0. The zero-order valence-corrected chi connectivity index (χ0v) is 27.1. The van der Waals surface area contributed by atoms with Gasteiger partial charge in [0.15, 0.2) is 0 Å². The number of hydrogen-bond donors (Lipinski definition) is 0. The summed E-state index contributed by atoms with van der Waals surface area (Å²) in [5.74, 6) is -0.556. The highest BCUT2D eigenvalue weighted by atomic mass is 32.9. The molecule has 6 nitrogen and oxygen atoms in total. The third-order valence-corrected chi connectivity index (χ3v) is 11.9. The first-order valence-electron chi connectivity index (χ1n) is 14.7. The molecule has 3 aromatic rings. The van der Waals surface area contributed by atoms with E-state index in [2.05, 4.69) is 49.9 Å². The first-order valence-corrected chi connectivity index (χ1v) is 17.2. The van der Waals surface area contributed by atoms with Gasteiger partial charge < -0.3 is 18.9 Å². The third kappa shape index (κ3) is 6.38. The predicted octanol–water partition coefficient (Wildman–Crippen LogP) is 8.34. The van der Waals surface area contributed by atoms with Crippen LogP contribution in [-0.4, -0.2) is 35.9 Å². The van der Waals surface area contributed by atoms with Crippen LogP contribution in [-0.2, 0) is 30.4 Å². The molecule has 0 N–H and O–H groups in total. The maximum atomic E-state index is 12.7. The van der Waals surface area contributed by atoms with Crippen LogP contribution in [0.4, 0.5) is 0 Å². The number of epoxide rings is 1. The largest absolute Gasteiger partial charge is 0.489 e. The molecule has 9 heteroatoms. The van der Waals surface area contributed by atoms with Gasteiger partial charge in [-0.3, -0.25) is 0 Å². The van der Waals surface area contributed by atoms with Gasteiger partial charge in [-0.25, -0.2) is 9.59 Å². The van der Waals surface area contributed by atoms with Gasteiger partial charge in [-0.05, 0) is 74.1 Å². The van der Waals surface area contributed by atoms with Crippen molar-refractivity contribution in [3.8, 4) is 16.2 Å². The molecule has 1 aliphatic carbocycles. The Morgan fingerprint density at radius 3 is 2.61 bits per heavy atom. The predicted molar refractivity (Wildman–Crippen MR) is 176 cm³/mol. The summed E-state index contributed by atoms with van der Waals surface area (Å²) in [4.78, 5) is 26.4. The van der Waals surface area contributed by atoms with Crippen molar-refractivity contribution in [1.29, 1.82) is 0 Å². The lowest BCUT2D eigenvalue weighted by molar-refractivity contribution is -0.144. The molecule has 1 unspecified atom stereocenters. The highest BCUT2D eigenvalue weighted by Crippen LogP contribution is 2.58. The number of allylic oxidation sites excluding steroid dienone is 2. The van der Waals surface area contributed by atoms with E-state index >= 15 is 0 Å². The minimum absolute atomic E-state index is 0.147. The van der Waals surface area contributed by atoms with E-state index in [4.69, 9.17) is 31.2 Å². The van der Waals surface area contributed by atoms with E-state index in [0.717, 1.165) is 39.1 Å². The molecule has 2 saturated heterocycles. The number of esters is 2. The fraction of sp³-hybridized carbons (Fsp3) is 0.343. The van der Waals surface area contributed by atoms with Gasteiger partial charge in [0.05, 0.1) is 12.2 Å². The second kappa shape index (κ2) is 12.6. The second-order valence-corrected chi connectivity index (χ2v) is 14.7. The van der Waals surface area contributed by atoms with Gasteiger partial charge in [0, 0.05) is 28.4 Å². The highest BCUT2D eigenvalue weighted by Gasteiger charge is 2.71. The van der Waals surface area contributed by atoms with Crippen LogP contribution >= 0.6 is 32.9 Å². The number of rotatable bonds is 8. The fourth-order valence-electron chi connectivity index (χ4n) is 6.12. The standard InChI is InChI=1S/C35H34O6S3/c1-22-31-26(7-5-4-6-18-34(2)35(3,41-34)32(31)40-33(22)37)21-39-29(36)17-12-23-10-15-27(16-11-23)38-20-24-8-13-25(14-9-24)28-19-30(42)44-43-28/h4-5,8-17,19,26,31-32H,1,6-7,18,20-21H2,2-3H3/b5-4-,17-12+/t26?,31-,32+,34-,35+/m1/s1. The number of benzene rings is 2. The highest BCUT2D eigenvalue weighted by molar-refractivity contribution is 7.80. The SMILES string of the molecule is C=C1C(=O)O[C@H]2[C@H]1C(COC(=O)/C=C/c1ccc(OCc3ccc(-c4cc(=S)ss4)cc3)cc1)C/C=C\CC[C@@]1(C)O[C@@]21C. The van der Waals surface area contributed by atoms with Crippen LogP contribution < -0.4 is 4.74 Å². The zero-order valence-electron chi connectivity index (χ0n) is 24.7. The topological polar surface area (TPSA) is 74.4 Å². The van der Waals surface area contributed by atoms with Gasteiger partial charge in [0.25, 0.3) is 0 Å². The van der Waals surface area contributed by atoms with E-state index in [9.17, 15) is 9.59 Å². The monoisotopic (exact) mass is 646 g/mol. The molecule has 2 aliphatic heterocycles. The van der Waals surface area contributed by atoms with Gasteiger partial charge in [0.1, 0.15) is 27.9 Å². The van der Waals surface area contributed by atoms with E-state index in [0.29, 0.717) is 18.6 Å². The molecule has 44 heavy (non-hydrogen) atoms. The van der Waals surface area contributed by atoms with Crippen LogP contribution in [0.15, 0.2) is 85.0 Å². The summed E-state index contributed by atoms with van der Waals surface area (Å²) in [6, 6.07) is 17.9. The lowest BCUT2D eigenvalue weighted by atomic mass is 9.74. The van der Waals surface area contributed by atoms with Crippen molar-refractivity contribution in [2.45, 2.75) is 57.0 Å². The summed E-state index contributed by atoms with van der Waals surface area (Å²) in [7, 11) is 3.30. The van der Waals surface area contributed by atoms with E-state index in [-0.39, 0.29) is 24.0 Å². The molecule has 0 spiro atoms. The van der Waals surface area contributed by atoms with Gasteiger partial charge >= 0.3 is 11.9 Å². The molecule has 6 rings (SSSR count). The molecular weight excluding hydrogens is 613 g/mol. The minimum atomic E-state index is -0.582. The van der Waals surface area contributed by atoms with Crippen LogP contribution in [0.25, 0.3) is 16.5 Å². The van der Waals surface area contributed by atoms with Crippen molar-refractivity contribution < 1.29 is 28.5 Å². The Bertz CT molecular complexity index is 1670. The number of fused-ring (bicyclic) bond motifs is 3. The first kappa shape index (κ1) is 30.6. The van der Waals surface area contributed by atoms with Crippen LogP contribution in [0.3, 0.4) is 0 Å². The van der Waals surface area contributed by atoms with Gasteiger partial charge in [0.2, 0.25) is 0 Å². The Labute approximate surface area is 270 Å². The maximum absolute atomic E-state index is 12.7. The van der Waals surface area contributed by atoms with E-state index in [1.54, 1.807) is 26.8 Å². The van der Waals surface area contributed by atoms with Crippen molar-refractivity contribution in [3.05, 3.63) is 99.9 Å². The Morgan fingerprint density at radius 2 is 1.89 bits per heavy atom. The van der Waals surface area contributed by atoms with Crippen LogP contribution in [0, 0.1) is 15.7 Å². The molecule has 5 atom stereocenters. The summed E-state index contributed by atoms with van der Waals surface area (Å²) < 4.78 is 24.5. The van der Waals surface area contributed by atoms with Gasteiger partial charge in [-0.1, -0.05) is 88.0 Å². The number of carbonyl (C=O) groups is 2. The molecule has 0 bridgehead atoms. The smallest absolute Gasteiger partial charge is 0.334 e. The summed E-state index contributed by atoms with van der Waals surface area (Å²) in [6.07, 6.45) is 9.29. The first-order chi connectivity index (χ1) is 21.1. The minimum Gasteiger partial charge on any atom is -0.489 e. The van der Waals surface area contributed by atoms with Crippen molar-refractivity contribution in [2.75, 3.05) is 6.61 Å². The molecule has 228 valence electrons. The average Bonchev–Trinajstić information content (AvgIpc) is 3.25. The Balaban J connectivity index is 1.02. The van der Waals surface area contributed by atoms with Crippen molar-refractivity contribution in [1.82, 2.24) is 0 Å². The lowest BCUT2D eigenvalue weighted by Gasteiger charge is -2.30. The molecule has 3 heterocycles. The molecule has 2 fully saturated rings. The van der Waals surface area contributed by atoms with Crippen LogP contribution in [0.5, 0.6) is 5.75 Å². The Kier molecular flexibility index (Phi) is 8.75. The van der Waals surface area contributed by atoms with Gasteiger partial charge in [-0.15, -0.1) is 0 Å². The normalized spacial score (nSPS) is 28.5.